The van der Waals surface area contributed by atoms with E-state index in [0.717, 1.165) is 18.3 Å². The van der Waals surface area contributed by atoms with Crippen molar-refractivity contribution in [2.45, 2.75) is 39.2 Å². The van der Waals surface area contributed by atoms with Gasteiger partial charge in [-0.05, 0) is 63.9 Å². The first-order chi connectivity index (χ1) is 10.6. The van der Waals surface area contributed by atoms with Crippen LogP contribution in [0.25, 0.3) is 0 Å². The molecular formula is C17H26N2O2S. The summed E-state index contributed by atoms with van der Waals surface area (Å²) in [5, 5.41) is 3.09. The number of piperidine rings is 1. The van der Waals surface area contributed by atoms with E-state index in [1.54, 1.807) is 0 Å². The number of furan rings is 1. The van der Waals surface area contributed by atoms with Crippen molar-refractivity contribution in [1.29, 1.82) is 0 Å². The van der Waals surface area contributed by atoms with Gasteiger partial charge in [0.25, 0.3) is 5.91 Å². The first-order valence-electron chi connectivity index (χ1n) is 8.30. The number of likely N-dealkylation sites (tertiary alicyclic amines) is 1. The Kier molecular flexibility index (Phi) is 5.14. The summed E-state index contributed by atoms with van der Waals surface area (Å²) in [6.45, 7) is 6.89. The maximum atomic E-state index is 12.2. The standard InChI is InChI=1S/C17H26N2O2S/c1-12-9-16(13(2)21-12)17(20)18-10-14-3-6-19(7-4-14)15-5-8-22-11-15/h9,14-15H,3-8,10-11H2,1-2H3,(H,18,20)/t15-/m1/s1. The second kappa shape index (κ2) is 7.09. The van der Waals surface area contributed by atoms with E-state index in [0.29, 0.717) is 17.2 Å². The Bertz CT molecular complexity index is 515. The third-order valence-electron chi connectivity index (χ3n) is 4.91. The summed E-state index contributed by atoms with van der Waals surface area (Å²) in [6, 6.07) is 2.63. The van der Waals surface area contributed by atoms with E-state index in [9.17, 15) is 4.79 Å². The summed E-state index contributed by atoms with van der Waals surface area (Å²) in [5.41, 5.74) is 0.679. The van der Waals surface area contributed by atoms with Crippen LogP contribution in [0.2, 0.25) is 0 Å². The quantitative estimate of drug-likeness (QED) is 0.926. The van der Waals surface area contributed by atoms with E-state index in [1.807, 2.05) is 19.9 Å². The highest BCUT2D eigenvalue weighted by Gasteiger charge is 2.27. The third kappa shape index (κ3) is 3.69. The lowest BCUT2D eigenvalue weighted by Gasteiger charge is -2.35. The van der Waals surface area contributed by atoms with Crippen molar-refractivity contribution in [2.75, 3.05) is 31.1 Å². The molecule has 1 N–H and O–H groups in total. The average molecular weight is 322 g/mol. The molecule has 2 saturated heterocycles. The molecule has 0 aromatic carbocycles. The minimum absolute atomic E-state index is 0.00368. The molecule has 0 radical (unpaired) electrons. The van der Waals surface area contributed by atoms with Gasteiger partial charge in [-0.3, -0.25) is 9.69 Å². The van der Waals surface area contributed by atoms with E-state index in [-0.39, 0.29) is 5.91 Å². The highest BCUT2D eigenvalue weighted by atomic mass is 32.2. The van der Waals surface area contributed by atoms with Crippen LogP contribution in [-0.2, 0) is 0 Å². The van der Waals surface area contributed by atoms with Crippen LogP contribution in [0.15, 0.2) is 10.5 Å². The van der Waals surface area contributed by atoms with E-state index < -0.39 is 0 Å². The Morgan fingerprint density at radius 3 is 2.73 bits per heavy atom. The predicted octanol–water partition coefficient (Wildman–Crippen LogP) is 2.84. The molecule has 3 rings (SSSR count). The van der Waals surface area contributed by atoms with Gasteiger partial charge in [0.05, 0.1) is 5.56 Å². The molecule has 0 spiro atoms. The smallest absolute Gasteiger partial charge is 0.254 e. The van der Waals surface area contributed by atoms with Gasteiger partial charge in [0.1, 0.15) is 11.5 Å². The van der Waals surface area contributed by atoms with E-state index in [1.165, 1.54) is 43.9 Å². The molecule has 0 aliphatic carbocycles. The van der Waals surface area contributed by atoms with Crippen LogP contribution in [-0.4, -0.2) is 48.0 Å². The number of nitrogens with zero attached hydrogens (tertiary/aromatic N) is 1. The Balaban J connectivity index is 1.43. The fraction of sp³-hybridized carbons (Fsp3) is 0.706. The van der Waals surface area contributed by atoms with Gasteiger partial charge >= 0.3 is 0 Å². The van der Waals surface area contributed by atoms with E-state index in [4.69, 9.17) is 4.42 Å². The Morgan fingerprint density at radius 2 is 2.14 bits per heavy atom. The number of nitrogens with one attached hydrogen (secondary N) is 1. The molecule has 1 aromatic rings. The molecule has 0 saturated carbocycles. The number of amides is 1. The zero-order chi connectivity index (χ0) is 15.5. The molecule has 2 fully saturated rings. The zero-order valence-electron chi connectivity index (χ0n) is 13.6. The molecule has 0 bridgehead atoms. The van der Waals surface area contributed by atoms with Crippen molar-refractivity contribution in [3.05, 3.63) is 23.2 Å². The molecule has 122 valence electrons. The van der Waals surface area contributed by atoms with Crippen LogP contribution in [0.4, 0.5) is 0 Å². The lowest BCUT2D eigenvalue weighted by atomic mass is 9.95. The molecular weight excluding hydrogens is 296 g/mol. The normalized spacial score (nSPS) is 23.8. The Hall–Kier alpha value is -0.940. The second-order valence-corrected chi connectivity index (χ2v) is 7.68. The van der Waals surface area contributed by atoms with Gasteiger partial charge in [-0.25, -0.2) is 0 Å². The van der Waals surface area contributed by atoms with Gasteiger partial charge in [0.2, 0.25) is 0 Å². The van der Waals surface area contributed by atoms with Gasteiger partial charge in [0.15, 0.2) is 0 Å². The number of hydrogen-bond donors (Lipinski definition) is 1. The highest BCUT2D eigenvalue weighted by molar-refractivity contribution is 7.99. The Labute approximate surface area is 137 Å². The third-order valence-corrected chi connectivity index (χ3v) is 6.05. The van der Waals surface area contributed by atoms with Gasteiger partial charge < -0.3 is 9.73 Å². The molecule has 5 heteroatoms. The average Bonchev–Trinajstić information content (AvgIpc) is 3.15. The van der Waals surface area contributed by atoms with Crippen molar-refractivity contribution in [2.24, 2.45) is 5.92 Å². The second-order valence-electron chi connectivity index (χ2n) is 6.53. The lowest BCUT2D eigenvalue weighted by Crippen LogP contribution is -2.43. The Morgan fingerprint density at radius 1 is 1.36 bits per heavy atom. The highest BCUT2D eigenvalue weighted by Crippen LogP contribution is 2.26. The minimum atomic E-state index is 0.00368. The summed E-state index contributed by atoms with van der Waals surface area (Å²) in [4.78, 5) is 14.9. The van der Waals surface area contributed by atoms with Crippen molar-refractivity contribution in [1.82, 2.24) is 10.2 Å². The molecule has 0 unspecified atom stereocenters. The molecule has 1 amide bonds. The van der Waals surface area contributed by atoms with Crippen LogP contribution >= 0.6 is 11.8 Å². The van der Waals surface area contributed by atoms with Crippen LogP contribution in [0.3, 0.4) is 0 Å². The molecule has 4 nitrogen and oxygen atoms in total. The lowest BCUT2D eigenvalue weighted by molar-refractivity contribution is 0.0927. The number of carbonyl (C=O) groups is 1. The van der Waals surface area contributed by atoms with E-state index in [2.05, 4.69) is 22.0 Å². The fourth-order valence-corrected chi connectivity index (χ4v) is 4.78. The van der Waals surface area contributed by atoms with Crippen LogP contribution < -0.4 is 5.32 Å². The first kappa shape index (κ1) is 15.9. The van der Waals surface area contributed by atoms with Gasteiger partial charge in [-0.15, -0.1) is 0 Å². The number of aryl methyl sites for hydroxylation is 2. The molecule has 2 aliphatic heterocycles. The number of hydrogen-bond acceptors (Lipinski definition) is 4. The first-order valence-corrected chi connectivity index (χ1v) is 9.46. The van der Waals surface area contributed by atoms with Gasteiger partial charge in [-0.2, -0.15) is 11.8 Å². The van der Waals surface area contributed by atoms with Gasteiger partial charge in [0, 0.05) is 18.3 Å². The summed E-state index contributed by atoms with van der Waals surface area (Å²) >= 11 is 2.08. The molecule has 3 heterocycles. The van der Waals surface area contributed by atoms with Crippen LogP contribution in [0.5, 0.6) is 0 Å². The summed E-state index contributed by atoms with van der Waals surface area (Å²) < 4.78 is 5.43. The fourth-order valence-electron chi connectivity index (χ4n) is 3.52. The molecule has 1 atom stereocenters. The SMILES string of the molecule is Cc1cc(C(=O)NCC2CCN([C@@H]3CCSC3)CC2)c(C)o1. The number of thioether (sulfide) groups is 1. The minimum Gasteiger partial charge on any atom is -0.466 e. The summed E-state index contributed by atoms with van der Waals surface area (Å²) in [5.74, 6) is 4.76. The number of carbonyl (C=O) groups excluding carboxylic acids is 1. The topological polar surface area (TPSA) is 45.5 Å². The molecule has 1 aromatic heterocycles. The monoisotopic (exact) mass is 322 g/mol. The summed E-state index contributed by atoms with van der Waals surface area (Å²) in [7, 11) is 0. The molecule has 2 aliphatic rings. The van der Waals surface area contributed by atoms with Crippen molar-refractivity contribution in [3.63, 3.8) is 0 Å². The molecule has 22 heavy (non-hydrogen) atoms. The predicted molar refractivity (Wildman–Crippen MR) is 90.5 cm³/mol. The number of rotatable bonds is 4. The van der Waals surface area contributed by atoms with Crippen LogP contribution in [0.1, 0.15) is 41.1 Å². The van der Waals surface area contributed by atoms with Gasteiger partial charge in [-0.1, -0.05) is 0 Å². The van der Waals surface area contributed by atoms with Crippen molar-refractivity contribution in [3.8, 4) is 0 Å². The maximum absolute atomic E-state index is 12.2. The van der Waals surface area contributed by atoms with Crippen LogP contribution in [0, 0.1) is 19.8 Å². The van der Waals surface area contributed by atoms with Crippen molar-refractivity contribution < 1.29 is 9.21 Å². The van der Waals surface area contributed by atoms with Crippen molar-refractivity contribution >= 4 is 17.7 Å². The maximum Gasteiger partial charge on any atom is 0.254 e. The van der Waals surface area contributed by atoms with E-state index >= 15 is 0 Å². The summed E-state index contributed by atoms with van der Waals surface area (Å²) in [6.07, 6.45) is 3.75. The largest absolute Gasteiger partial charge is 0.466 e. The zero-order valence-corrected chi connectivity index (χ0v) is 14.4.